The van der Waals surface area contributed by atoms with Crippen molar-refractivity contribution in [1.82, 2.24) is 10.6 Å². The van der Waals surface area contributed by atoms with Gasteiger partial charge in [-0.25, -0.2) is 4.79 Å². The predicted molar refractivity (Wildman–Crippen MR) is 111 cm³/mol. The molecule has 0 aromatic rings. The number of aliphatic hydroxyl groups excluding tert-OH is 2. The number of aldehydes is 1. The lowest BCUT2D eigenvalue weighted by atomic mass is 10.1. The van der Waals surface area contributed by atoms with Crippen molar-refractivity contribution in [2.75, 3.05) is 7.05 Å². The van der Waals surface area contributed by atoms with Crippen LogP contribution in [0.1, 0.15) is 74.1 Å². The van der Waals surface area contributed by atoms with E-state index in [-0.39, 0.29) is 23.8 Å². The second kappa shape index (κ2) is 19.3. The van der Waals surface area contributed by atoms with Crippen molar-refractivity contribution >= 4 is 12.4 Å². The zero-order valence-corrected chi connectivity index (χ0v) is 18.4. The Labute approximate surface area is 165 Å². The Morgan fingerprint density at radius 3 is 1.85 bits per heavy atom. The average Bonchev–Trinajstić information content (AvgIpc) is 2.59. The average molecular weight is 391 g/mol. The lowest BCUT2D eigenvalue weighted by molar-refractivity contribution is -0.104. The Kier molecular flexibility index (Phi) is 21.7. The van der Waals surface area contributed by atoms with Crippen LogP contribution in [-0.2, 0) is 9.53 Å². The monoisotopic (exact) mass is 390 g/mol. The quantitative estimate of drug-likeness (QED) is 0.288. The summed E-state index contributed by atoms with van der Waals surface area (Å²) in [6.45, 7) is 13.1. The van der Waals surface area contributed by atoms with E-state index in [0.29, 0.717) is 0 Å². The molecule has 0 heterocycles. The third kappa shape index (κ3) is 29.6. The van der Waals surface area contributed by atoms with Crippen LogP contribution in [0, 0.1) is 0 Å². The topological polar surface area (TPSA) is 108 Å². The van der Waals surface area contributed by atoms with Crippen molar-refractivity contribution in [1.29, 1.82) is 0 Å². The number of nitrogens with one attached hydrogen (secondary N) is 2. The molecule has 27 heavy (non-hydrogen) atoms. The summed E-state index contributed by atoms with van der Waals surface area (Å²) in [5.41, 5.74) is -0.389. The van der Waals surface area contributed by atoms with Crippen molar-refractivity contribution in [3.63, 3.8) is 0 Å². The summed E-state index contributed by atoms with van der Waals surface area (Å²) in [5.74, 6) is 0. The van der Waals surface area contributed by atoms with Gasteiger partial charge in [-0.15, -0.1) is 0 Å². The molecule has 0 aliphatic carbocycles. The number of ether oxygens (including phenoxy) is 1. The van der Waals surface area contributed by atoms with Crippen molar-refractivity contribution < 1.29 is 24.5 Å². The molecule has 0 fully saturated rings. The summed E-state index contributed by atoms with van der Waals surface area (Å²) in [4.78, 5) is 20.4. The normalized spacial score (nSPS) is 13.0. The van der Waals surface area contributed by atoms with Crippen LogP contribution < -0.4 is 10.6 Å². The Bertz CT molecular complexity index is 375. The molecule has 4 N–H and O–H groups in total. The molecular weight excluding hydrogens is 348 g/mol. The molecular formula is C20H42N2O5. The number of amides is 1. The molecule has 7 nitrogen and oxygen atoms in total. The van der Waals surface area contributed by atoms with E-state index < -0.39 is 6.23 Å². The van der Waals surface area contributed by atoms with Crippen molar-refractivity contribution in [3.8, 4) is 0 Å². The number of hydrogen-bond donors (Lipinski definition) is 4. The fraction of sp³-hybridized carbons (Fsp3) is 0.800. The van der Waals surface area contributed by atoms with E-state index >= 15 is 0 Å². The molecule has 162 valence electrons. The van der Waals surface area contributed by atoms with E-state index in [1.54, 1.807) is 13.0 Å². The lowest BCUT2D eigenvalue weighted by Crippen LogP contribution is -2.35. The smallest absolute Gasteiger partial charge is 0.407 e. The molecule has 0 aliphatic heterocycles. The van der Waals surface area contributed by atoms with Crippen LogP contribution in [-0.4, -0.2) is 53.6 Å². The minimum atomic E-state index is -0.486. The van der Waals surface area contributed by atoms with Gasteiger partial charge in [0, 0.05) is 13.1 Å². The van der Waals surface area contributed by atoms with Gasteiger partial charge in [-0.05, 0) is 59.5 Å². The maximum Gasteiger partial charge on any atom is 0.407 e. The van der Waals surface area contributed by atoms with Gasteiger partial charge in [-0.3, -0.25) is 10.1 Å². The first-order valence-electron chi connectivity index (χ1n) is 9.60. The summed E-state index contributed by atoms with van der Waals surface area (Å²) < 4.78 is 4.84. The largest absolute Gasteiger partial charge is 0.444 e. The fourth-order valence-corrected chi connectivity index (χ4v) is 1.61. The molecule has 0 bridgehead atoms. The first-order valence-corrected chi connectivity index (χ1v) is 9.60. The highest BCUT2D eigenvalue weighted by Gasteiger charge is 2.14. The third-order valence-corrected chi connectivity index (χ3v) is 3.15. The second-order valence-electron chi connectivity index (χ2n) is 6.97. The van der Waals surface area contributed by atoms with Crippen molar-refractivity contribution in [3.05, 3.63) is 12.2 Å². The molecule has 0 saturated carbocycles. The Balaban J connectivity index is -0.000000340. The van der Waals surface area contributed by atoms with Crippen molar-refractivity contribution in [2.45, 2.75) is 98.1 Å². The first kappa shape index (κ1) is 30.3. The van der Waals surface area contributed by atoms with Gasteiger partial charge in [-0.1, -0.05) is 26.8 Å². The molecule has 0 aromatic carbocycles. The van der Waals surface area contributed by atoms with Crippen molar-refractivity contribution in [2.24, 2.45) is 0 Å². The highest BCUT2D eigenvalue weighted by molar-refractivity contribution is 5.67. The Morgan fingerprint density at radius 2 is 1.63 bits per heavy atom. The summed E-state index contributed by atoms with van der Waals surface area (Å²) in [7, 11) is 1.54. The number of rotatable bonds is 8. The number of aliphatic hydroxyl groups is 2. The van der Waals surface area contributed by atoms with Gasteiger partial charge in [0.05, 0.1) is 6.10 Å². The van der Waals surface area contributed by atoms with Crippen LogP contribution in [0.5, 0.6) is 0 Å². The minimum Gasteiger partial charge on any atom is -0.444 e. The van der Waals surface area contributed by atoms with Gasteiger partial charge in [-0.2, -0.15) is 0 Å². The first-order chi connectivity index (χ1) is 12.5. The molecule has 0 saturated heterocycles. The maximum atomic E-state index is 10.5. The molecule has 0 radical (unpaired) electrons. The molecule has 7 heteroatoms. The molecule has 1 amide bonds. The van der Waals surface area contributed by atoms with Crippen LogP contribution >= 0.6 is 0 Å². The fourth-order valence-electron chi connectivity index (χ4n) is 1.61. The molecule has 0 spiro atoms. The number of allylic oxidation sites excluding steroid dienone is 1. The van der Waals surface area contributed by atoms with E-state index in [1.807, 2.05) is 41.5 Å². The summed E-state index contributed by atoms with van der Waals surface area (Å²) in [6, 6.07) is 0.251. The van der Waals surface area contributed by atoms with Crippen LogP contribution in [0.15, 0.2) is 12.2 Å². The summed E-state index contributed by atoms with van der Waals surface area (Å²) in [6.07, 6.45) is 6.59. The number of hydrogen-bond acceptors (Lipinski definition) is 6. The van der Waals surface area contributed by atoms with Gasteiger partial charge in [0.2, 0.25) is 0 Å². The summed E-state index contributed by atoms with van der Waals surface area (Å²) in [5, 5.41) is 23.0. The van der Waals surface area contributed by atoms with E-state index in [1.165, 1.54) is 13.1 Å². The molecule has 0 rings (SSSR count). The maximum absolute atomic E-state index is 10.5. The van der Waals surface area contributed by atoms with Gasteiger partial charge in [0.1, 0.15) is 18.1 Å². The highest BCUT2D eigenvalue weighted by atomic mass is 16.6. The molecule has 0 aromatic heterocycles. The van der Waals surface area contributed by atoms with E-state index in [0.717, 1.165) is 32.0 Å². The predicted octanol–water partition coefficient (Wildman–Crippen LogP) is 3.15. The Morgan fingerprint density at radius 1 is 1.11 bits per heavy atom. The standard InChI is InChI=1S/C9H17NO2.C6H13NO2.C5H12O/c1-3-9(10-8(2)12)6-4-5-7-11;1-6(2,3)9-5(8)7-4;1-3-5(6)4-2/h4-5,7-10,12H,3,6H2,1-2H3;1-4H3,(H,7,8);5-6H,3-4H2,1-2H3/b5-4+;;. The number of alkyl carbamates (subject to hydrolysis) is 1. The highest BCUT2D eigenvalue weighted by Crippen LogP contribution is 2.05. The number of carbonyl (C=O) groups excluding carboxylic acids is 2. The summed E-state index contributed by atoms with van der Waals surface area (Å²) >= 11 is 0. The van der Waals surface area contributed by atoms with Gasteiger partial charge in [0.25, 0.3) is 0 Å². The van der Waals surface area contributed by atoms with E-state index in [4.69, 9.17) is 14.9 Å². The van der Waals surface area contributed by atoms with Crippen LogP contribution in [0.3, 0.4) is 0 Å². The molecule has 2 atom stereocenters. The zero-order valence-electron chi connectivity index (χ0n) is 18.4. The third-order valence-electron chi connectivity index (χ3n) is 3.15. The SMILES string of the molecule is CCC(C/C=C/C=O)NC(C)O.CCC(O)CC.CNC(=O)OC(C)(C)C. The zero-order chi connectivity index (χ0) is 21.9. The van der Waals surface area contributed by atoms with Crippen LogP contribution in [0.4, 0.5) is 4.79 Å². The van der Waals surface area contributed by atoms with Gasteiger partial charge in [0.15, 0.2) is 0 Å². The van der Waals surface area contributed by atoms with Crippen LogP contribution in [0.2, 0.25) is 0 Å². The second-order valence-corrected chi connectivity index (χ2v) is 6.97. The van der Waals surface area contributed by atoms with E-state index in [2.05, 4.69) is 10.6 Å². The lowest BCUT2D eigenvalue weighted by Gasteiger charge is -2.18. The van der Waals surface area contributed by atoms with Gasteiger partial charge < -0.3 is 20.3 Å². The molecule has 0 aliphatic rings. The Hall–Kier alpha value is -1.44. The minimum absolute atomic E-state index is 0.0648. The number of carbonyl (C=O) groups is 2. The molecule has 2 unspecified atom stereocenters. The van der Waals surface area contributed by atoms with Gasteiger partial charge >= 0.3 is 6.09 Å². The van der Waals surface area contributed by atoms with Crippen LogP contribution in [0.25, 0.3) is 0 Å². The van der Waals surface area contributed by atoms with E-state index in [9.17, 15) is 9.59 Å².